The largest absolute Gasteiger partial charge is 0.303 e. The summed E-state index contributed by atoms with van der Waals surface area (Å²) in [5.74, 6) is -0.269. The third kappa shape index (κ3) is 6.02. The SMILES string of the molecule is CCC.O=CCc1ccc(F)cc1. The Morgan fingerprint density at radius 2 is 1.69 bits per heavy atom. The smallest absolute Gasteiger partial charge is 0.124 e. The second kappa shape index (κ2) is 7.47. The third-order valence-electron chi connectivity index (χ3n) is 1.23. The van der Waals surface area contributed by atoms with Crippen LogP contribution in [0.5, 0.6) is 0 Å². The van der Waals surface area contributed by atoms with E-state index in [0.29, 0.717) is 6.42 Å². The Labute approximate surface area is 78.6 Å². The number of hydrogen-bond acceptors (Lipinski definition) is 1. The van der Waals surface area contributed by atoms with Crippen LogP contribution in [0.2, 0.25) is 0 Å². The van der Waals surface area contributed by atoms with Gasteiger partial charge in [-0.2, -0.15) is 0 Å². The number of carbonyl (C=O) groups excluding carboxylic acids is 1. The normalized spacial score (nSPS) is 8.54. The minimum atomic E-state index is -0.269. The molecule has 0 aliphatic carbocycles. The Bertz CT molecular complexity index is 228. The zero-order valence-corrected chi connectivity index (χ0v) is 8.09. The summed E-state index contributed by atoms with van der Waals surface area (Å²) in [6.07, 6.45) is 2.41. The molecule has 72 valence electrons. The molecule has 0 aliphatic heterocycles. The zero-order chi connectivity index (χ0) is 10.1. The van der Waals surface area contributed by atoms with E-state index in [1.165, 1.54) is 18.6 Å². The summed E-state index contributed by atoms with van der Waals surface area (Å²) in [5.41, 5.74) is 0.844. The second-order valence-corrected chi connectivity index (χ2v) is 2.70. The van der Waals surface area contributed by atoms with Crippen molar-refractivity contribution in [2.24, 2.45) is 0 Å². The standard InChI is InChI=1S/C8H7FO.C3H8/c9-8-3-1-7(2-4-8)5-6-10;1-3-2/h1-4,6H,5H2;3H2,1-2H3. The summed E-state index contributed by atoms with van der Waals surface area (Å²) < 4.78 is 12.2. The Morgan fingerprint density at radius 3 is 2.08 bits per heavy atom. The van der Waals surface area contributed by atoms with E-state index in [1.807, 2.05) is 0 Å². The van der Waals surface area contributed by atoms with Crippen molar-refractivity contribution in [2.75, 3.05) is 0 Å². The van der Waals surface area contributed by atoms with E-state index >= 15 is 0 Å². The predicted molar refractivity (Wildman–Crippen MR) is 52.1 cm³/mol. The summed E-state index contributed by atoms with van der Waals surface area (Å²) in [6.45, 7) is 4.25. The first-order valence-electron chi connectivity index (χ1n) is 4.42. The molecule has 0 radical (unpaired) electrons. The van der Waals surface area contributed by atoms with Crippen LogP contribution in [0.3, 0.4) is 0 Å². The van der Waals surface area contributed by atoms with Crippen molar-refractivity contribution >= 4 is 6.29 Å². The molecule has 0 bridgehead atoms. The quantitative estimate of drug-likeness (QED) is 0.642. The average Bonchev–Trinajstić information content (AvgIpc) is 2.11. The molecule has 0 atom stereocenters. The lowest BCUT2D eigenvalue weighted by atomic mass is 10.2. The summed E-state index contributed by atoms with van der Waals surface area (Å²) >= 11 is 0. The first-order chi connectivity index (χ1) is 6.24. The van der Waals surface area contributed by atoms with Crippen molar-refractivity contribution in [3.8, 4) is 0 Å². The molecule has 1 aromatic rings. The van der Waals surface area contributed by atoms with Gasteiger partial charge in [0, 0.05) is 6.42 Å². The van der Waals surface area contributed by atoms with Crippen molar-refractivity contribution in [3.05, 3.63) is 35.6 Å². The molecule has 0 aromatic heterocycles. The summed E-state index contributed by atoms with van der Waals surface area (Å²) in [4.78, 5) is 9.97. The van der Waals surface area contributed by atoms with Gasteiger partial charge in [-0.15, -0.1) is 0 Å². The maximum absolute atomic E-state index is 12.2. The van der Waals surface area contributed by atoms with Crippen molar-refractivity contribution in [3.63, 3.8) is 0 Å². The maximum atomic E-state index is 12.2. The molecule has 0 spiro atoms. The monoisotopic (exact) mass is 182 g/mol. The molecule has 1 nitrogen and oxygen atoms in total. The highest BCUT2D eigenvalue weighted by molar-refractivity contribution is 5.54. The fourth-order valence-corrected chi connectivity index (χ4v) is 0.717. The van der Waals surface area contributed by atoms with Crippen LogP contribution >= 0.6 is 0 Å². The molecule has 0 N–H and O–H groups in total. The van der Waals surface area contributed by atoms with Crippen molar-refractivity contribution in [1.29, 1.82) is 0 Å². The van der Waals surface area contributed by atoms with Gasteiger partial charge in [0.1, 0.15) is 12.1 Å². The lowest BCUT2D eigenvalue weighted by Crippen LogP contribution is -1.84. The van der Waals surface area contributed by atoms with E-state index in [4.69, 9.17) is 0 Å². The van der Waals surface area contributed by atoms with Gasteiger partial charge in [0.2, 0.25) is 0 Å². The first-order valence-corrected chi connectivity index (χ1v) is 4.42. The predicted octanol–water partition coefficient (Wildman–Crippen LogP) is 2.98. The molecule has 2 heteroatoms. The highest BCUT2D eigenvalue weighted by Crippen LogP contribution is 2.01. The van der Waals surface area contributed by atoms with E-state index in [0.717, 1.165) is 11.8 Å². The van der Waals surface area contributed by atoms with E-state index in [9.17, 15) is 9.18 Å². The van der Waals surface area contributed by atoms with Crippen LogP contribution in [-0.2, 0) is 11.2 Å². The summed E-state index contributed by atoms with van der Waals surface area (Å²) in [6, 6.07) is 5.89. The van der Waals surface area contributed by atoms with Crippen LogP contribution in [-0.4, -0.2) is 6.29 Å². The molecule has 0 saturated carbocycles. The van der Waals surface area contributed by atoms with Gasteiger partial charge in [-0.05, 0) is 17.7 Å². The van der Waals surface area contributed by atoms with Gasteiger partial charge < -0.3 is 4.79 Å². The molecule has 13 heavy (non-hydrogen) atoms. The van der Waals surface area contributed by atoms with Crippen LogP contribution in [0.25, 0.3) is 0 Å². The topological polar surface area (TPSA) is 17.1 Å². The second-order valence-electron chi connectivity index (χ2n) is 2.70. The maximum Gasteiger partial charge on any atom is 0.124 e. The number of rotatable bonds is 2. The molecule has 0 heterocycles. The Morgan fingerprint density at radius 1 is 1.23 bits per heavy atom. The average molecular weight is 182 g/mol. The molecule has 0 fully saturated rings. The number of benzene rings is 1. The molecule has 0 unspecified atom stereocenters. The number of halogens is 1. The van der Waals surface area contributed by atoms with Crippen molar-refractivity contribution in [1.82, 2.24) is 0 Å². The van der Waals surface area contributed by atoms with Gasteiger partial charge in [0.15, 0.2) is 0 Å². The van der Waals surface area contributed by atoms with E-state index < -0.39 is 0 Å². The number of aldehydes is 1. The minimum Gasteiger partial charge on any atom is -0.303 e. The Hall–Kier alpha value is -1.18. The highest BCUT2D eigenvalue weighted by Gasteiger charge is 1.90. The molecule has 1 aromatic carbocycles. The van der Waals surface area contributed by atoms with Gasteiger partial charge in [0.05, 0.1) is 0 Å². The molecular weight excluding hydrogens is 167 g/mol. The molecule has 1 rings (SSSR count). The molecule has 0 aliphatic rings. The van der Waals surface area contributed by atoms with E-state index in [-0.39, 0.29) is 5.82 Å². The lowest BCUT2D eigenvalue weighted by molar-refractivity contribution is -0.107. The molecule has 0 saturated heterocycles. The highest BCUT2D eigenvalue weighted by atomic mass is 19.1. The van der Waals surface area contributed by atoms with Gasteiger partial charge in [0.25, 0.3) is 0 Å². The Kier molecular flexibility index (Phi) is 6.79. The number of carbonyl (C=O) groups is 1. The fraction of sp³-hybridized carbons (Fsp3) is 0.364. The van der Waals surface area contributed by atoms with E-state index in [2.05, 4.69) is 13.8 Å². The van der Waals surface area contributed by atoms with Gasteiger partial charge >= 0.3 is 0 Å². The van der Waals surface area contributed by atoms with Crippen molar-refractivity contribution in [2.45, 2.75) is 26.7 Å². The van der Waals surface area contributed by atoms with Gasteiger partial charge in [-0.25, -0.2) is 4.39 Å². The summed E-state index contributed by atoms with van der Waals surface area (Å²) in [5, 5.41) is 0. The first kappa shape index (κ1) is 11.8. The van der Waals surface area contributed by atoms with Gasteiger partial charge in [-0.1, -0.05) is 32.4 Å². The van der Waals surface area contributed by atoms with E-state index in [1.54, 1.807) is 12.1 Å². The molecular formula is C11H15FO. The fourth-order valence-electron chi connectivity index (χ4n) is 0.717. The minimum absolute atomic E-state index is 0.269. The zero-order valence-electron chi connectivity index (χ0n) is 8.09. The van der Waals surface area contributed by atoms with Crippen LogP contribution in [0.1, 0.15) is 25.8 Å². The Balaban J connectivity index is 0.000000424. The molecule has 0 amide bonds. The third-order valence-corrected chi connectivity index (χ3v) is 1.23. The number of hydrogen-bond donors (Lipinski definition) is 0. The van der Waals surface area contributed by atoms with Crippen LogP contribution < -0.4 is 0 Å². The van der Waals surface area contributed by atoms with Crippen LogP contribution in [0.4, 0.5) is 4.39 Å². The van der Waals surface area contributed by atoms with Crippen LogP contribution in [0.15, 0.2) is 24.3 Å². The lowest BCUT2D eigenvalue weighted by Gasteiger charge is -1.91. The summed E-state index contributed by atoms with van der Waals surface area (Å²) in [7, 11) is 0. The van der Waals surface area contributed by atoms with Crippen LogP contribution in [0, 0.1) is 5.82 Å². The van der Waals surface area contributed by atoms with Gasteiger partial charge in [-0.3, -0.25) is 0 Å². The van der Waals surface area contributed by atoms with Crippen molar-refractivity contribution < 1.29 is 9.18 Å².